The maximum atomic E-state index is 12.5. The van der Waals surface area contributed by atoms with Gasteiger partial charge in [-0.15, -0.1) is 16.5 Å². The van der Waals surface area contributed by atoms with Crippen LogP contribution >= 0.6 is 11.3 Å². The van der Waals surface area contributed by atoms with Crippen LogP contribution in [0, 0.1) is 5.92 Å². The second kappa shape index (κ2) is 9.94. The molecule has 33 heavy (non-hydrogen) atoms. The van der Waals surface area contributed by atoms with Crippen LogP contribution < -0.4 is 5.32 Å². The number of anilines is 1. The maximum Gasteiger partial charge on any atom is 0.413 e. The number of nitrogens with one attached hydrogen (secondary N) is 1. The number of piperidine rings is 1. The van der Waals surface area contributed by atoms with Crippen LogP contribution in [0.15, 0.2) is 10.5 Å². The number of carboxylic acid groups (broad SMARTS) is 1. The lowest BCUT2D eigenvalue weighted by Crippen LogP contribution is -2.51. The number of hydrogen-bond acceptors (Lipinski definition) is 9. The lowest BCUT2D eigenvalue weighted by Gasteiger charge is -2.39. The Bertz CT molecular complexity index is 882. The first-order chi connectivity index (χ1) is 15.2. The molecular weight excluding hydrogens is 452 g/mol. The van der Waals surface area contributed by atoms with E-state index in [0.717, 1.165) is 11.3 Å². The van der Waals surface area contributed by atoms with E-state index in [2.05, 4.69) is 22.2 Å². The van der Waals surface area contributed by atoms with Crippen molar-refractivity contribution in [2.75, 3.05) is 18.4 Å². The van der Waals surface area contributed by atoms with Crippen LogP contribution in [0.4, 0.5) is 14.7 Å². The number of carbonyl (C=O) groups is 3. The summed E-state index contributed by atoms with van der Waals surface area (Å²) in [5.74, 6) is -1.85. The number of thiazole rings is 1. The average molecular weight is 485 g/mol. The van der Waals surface area contributed by atoms with Crippen LogP contribution in [0.1, 0.15) is 60.1 Å². The Balaban J connectivity index is 2.22. The Morgan fingerprint density at radius 1 is 1.15 bits per heavy atom. The fourth-order valence-corrected chi connectivity index (χ4v) is 4.19. The normalized spacial score (nSPS) is 17.0. The topological polar surface area (TPSA) is 140 Å². The van der Waals surface area contributed by atoms with E-state index in [1.165, 1.54) is 10.3 Å². The highest BCUT2D eigenvalue weighted by molar-refractivity contribution is 7.13. The van der Waals surface area contributed by atoms with Crippen molar-refractivity contribution in [2.45, 2.75) is 71.2 Å². The first-order valence-electron chi connectivity index (χ1n) is 10.5. The number of aliphatic carboxylic acids is 1. The minimum absolute atomic E-state index is 0.0779. The van der Waals surface area contributed by atoms with Gasteiger partial charge in [0.25, 0.3) is 5.60 Å². The molecule has 0 aliphatic carbocycles. The van der Waals surface area contributed by atoms with Crippen molar-refractivity contribution in [3.63, 3.8) is 0 Å². The standard InChI is InChI=1S/C21H32N4O7S/c1-19(2,3)30-17(28)24-16-23-14(12-33-16)21(15(26)27,32-22-7)13-8-10-25(11-9-13)18(29)31-20(4,5)6/h12-13H,7-11H2,1-6H3,(H,26,27)(H,23,24,28). The summed E-state index contributed by atoms with van der Waals surface area (Å²) in [7, 11) is 0. The molecule has 0 bridgehead atoms. The molecule has 11 nitrogen and oxygen atoms in total. The highest BCUT2D eigenvalue weighted by Crippen LogP contribution is 2.41. The van der Waals surface area contributed by atoms with Crippen molar-refractivity contribution < 1.29 is 33.8 Å². The third-order valence-corrected chi connectivity index (χ3v) is 5.50. The minimum atomic E-state index is -1.92. The van der Waals surface area contributed by atoms with Crippen LogP contribution in [0.25, 0.3) is 0 Å². The molecule has 0 spiro atoms. The number of nitrogens with zero attached hydrogens (tertiary/aromatic N) is 3. The van der Waals surface area contributed by atoms with Gasteiger partial charge >= 0.3 is 18.2 Å². The monoisotopic (exact) mass is 484 g/mol. The van der Waals surface area contributed by atoms with Gasteiger partial charge in [0.2, 0.25) is 0 Å². The first-order valence-corrected chi connectivity index (χ1v) is 11.4. The molecule has 1 aromatic heterocycles. The van der Waals surface area contributed by atoms with Crippen LogP contribution in [0.5, 0.6) is 0 Å². The second-order valence-electron chi connectivity index (χ2n) is 9.67. The molecule has 1 fully saturated rings. The Hall–Kier alpha value is -2.89. The lowest BCUT2D eigenvalue weighted by atomic mass is 9.78. The number of carboxylic acids is 1. The van der Waals surface area contributed by atoms with Gasteiger partial charge in [0, 0.05) is 31.1 Å². The molecule has 184 valence electrons. The Kier molecular flexibility index (Phi) is 7.94. The predicted octanol–water partition coefficient (Wildman–Crippen LogP) is 4.05. The molecule has 0 saturated carbocycles. The van der Waals surface area contributed by atoms with Gasteiger partial charge in [0.15, 0.2) is 5.13 Å². The Morgan fingerprint density at radius 2 is 1.73 bits per heavy atom. The van der Waals surface area contributed by atoms with E-state index >= 15 is 0 Å². The zero-order valence-electron chi connectivity index (χ0n) is 19.8. The van der Waals surface area contributed by atoms with E-state index in [1.54, 1.807) is 41.5 Å². The number of amides is 2. The molecule has 2 heterocycles. The zero-order chi connectivity index (χ0) is 25.0. The third-order valence-electron chi connectivity index (χ3n) is 4.74. The van der Waals surface area contributed by atoms with Crippen LogP contribution in [-0.4, -0.2) is 64.2 Å². The maximum absolute atomic E-state index is 12.5. The molecule has 1 aromatic rings. The predicted molar refractivity (Wildman–Crippen MR) is 122 cm³/mol. The molecule has 1 unspecified atom stereocenters. The molecule has 1 atom stereocenters. The lowest BCUT2D eigenvalue weighted by molar-refractivity contribution is -0.181. The summed E-state index contributed by atoms with van der Waals surface area (Å²) in [6.45, 7) is 14.4. The quantitative estimate of drug-likeness (QED) is 0.455. The summed E-state index contributed by atoms with van der Waals surface area (Å²) in [6.07, 6.45) is -0.541. The van der Waals surface area contributed by atoms with Gasteiger partial charge in [-0.05, 0) is 54.4 Å². The Morgan fingerprint density at radius 3 is 2.21 bits per heavy atom. The molecule has 1 aliphatic rings. The van der Waals surface area contributed by atoms with E-state index in [9.17, 15) is 19.5 Å². The number of oxime groups is 1. The summed E-state index contributed by atoms with van der Waals surface area (Å²) in [5.41, 5.74) is -3.18. The van der Waals surface area contributed by atoms with Gasteiger partial charge in [0.05, 0.1) is 0 Å². The number of rotatable bonds is 6. The van der Waals surface area contributed by atoms with Crippen molar-refractivity contribution in [2.24, 2.45) is 11.1 Å². The summed E-state index contributed by atoms with van der Waals surface area (Å²) >= 11 is 1.04. The van der Waals surface area contributed by atoms with Crippen molar-refractivity contribution in [3.8, 4) is 0 Å². The van der Waals surface area contributed by atoms with Crippen LogP contribution in [0.3, 0.4) is 0 Å². The zero-order valence-corrected chi connectivity index (χ0v) is 20.7. The van der Waals surface area contributed by atoms with Gasteiger partial charge in [-0.1, -0.05) is 0 Å². The van der Waals surface area contributed by atoms with Crippen molar-refractivity contribution in [1.82, 2.24) is 9.88 Å². The third kappa shape index (κ3) is 6.80. The fraction of sp³-hybridized carbons (Fsp3) is 0.667. The van der Waals surface area contributed by atoms with Gasteiger partial charge in [-0.3, -0.25) is 5.32 Å². The number of ether oxygens (including phenoxy) is 2. The molecule has 1 aliphatic heterocycles. The highest BCUT2D eigenvalue weighted by atomic mass is 32.1. The van der Waals surface area contributed by atoms with E-state index in [0.29, 0.717) is 12.8 Å². The first kappa shape index (κ1) is 26.4. The summed E-state index contributed by atoms with van der Waals surface area (Å²) in [6, 6.07) is 0. The summed E-state index contributed by atoms with van der Waals surface area (Å²) in [4.78, 5) is 48.1. The van der Waals surface area contributed by atoms with E-state index < -0.39 is 40.9 Å². The summed E-state index contributed by atoms with van der Waals surface area (Å²) < 4.78 is 10.6. The van der Waals surface area contributed by atoms with Gasteiger partial charge in [-0.25, -0.2) is 19.4 Å². The fourth-order valence-electron chi connectivity index (χ4n) is 3.44. The van der Waals surface area contributed by atoms with Gasteiger partial charge in [-0.2, -0.15) is 0 Å². The minimum Gasteiger partial charge on any atom is -0.478 e. The van der Waals surface area contributed by atoms with Gasteiger partial charge < -0.3 is 24.3 Å². The number of hydrogen-bond donors (Lipinski definition) is 2. The average Bonchev–Trinajstić information content (AvgIpc) is 3.11. The summed E-state index contributed by atoms with van der Waals surface area (Å²) in [5, 5.41) is 17.7. The number of likely N-dealkylation sites (tertiary alicyclic amines) is 1. The molecule has 12 heteroatoms. The number of aromatic nitrogens is 1. The molecule has 0 aromatic carbocycles. The van der Waals surface area contributed by atoms with Crippen molar-refractivity contribution >= 4 is 41.3 Å². The van der Waals surface area contributed by atoms with Crippen LogP contribution in [-0.2, 0) is 24.7 Å². The Labute approximate surface area is 197 Å². The van der Waals surface area contributed by atoms with E-state index in [1.807, 2.05) is 0 Å². The largest absolute Gasteiger partial charge is 0.478 e. The smallest absolute Gasteiger partial charge is 0.413 e. The molecule has 2 N–H and O–H groups in total. The number of carbonyl (C=O) groups excluding carboxylic acids is 2. The molecule has 2 rings (SSSR count). The SMILES string of the molecule is C=NOC(C(=O)O)(c1csc(NC(=O)OC(C)(C)C)n1)C1CCN(C(=O)OC(C)(C)C)CC1. The van der Waals surface area contributed by atoms with Gasteiger partial charge in [0.1, 0.15) is 16.9 Å². The highest BCUT2D eigenvalue weighted by Gasteiger charge is 2.54. The molecule has 0 radical (unpaired) electrons. The van der Waals surface area contributed by atoms with Crippen molar-refractivity contribution in [3.05, 3.63) is 11.1 Å². The van der Waals surface area contributed by atoms with Crippen LogP contribution in [0.2, 0.25) is 0 Å². The molecule has 1 saturated heterocycles. The second-order valence-corrected chi connectivity index (χ2v) is 10.5. The van der Waals surface area contributed by atoms with Crippen molar-refractivity contribution in [1.29, 1.82) is 0 Å². The molecule has 2 amide bonds. The van der Waals surface area contributed by atoms with E-state index in [4.69, 9.17) is 14.3 Å². The van der Waals surface area contributed by atoms with E-state index in [-0.39, 0.29) is 23.9 Å². The molecular formula is C21H32N4O7S.